The Morgan fingerprint density at radius 1 is 0.136 bits per heavy atom. The second-order valence-corrected chi connectivity index (χ2v) is 3.85. The molecule has 0 nitrogen and oxygen atoms in total. The van der Waals surface area contributed by atoms with E-state index < -0.39 is 0 Å². The van der Waals surface area contributed by atoms with E-state index in [-0.39, 0.29) is 52.4 Å². The van der Waals surface area contributed by atoms with E-state index in [1.165, 1.54) is 0 Å². The SMILES string of the molecule is [CH]1[CH][CH][CH][CH]1.[CH]1[CH][CH][CH][CH]1.[CH]1[CH][CH][CH][CH]1.[CH]1[CH][CH][CH][CH]1.[ZrH2].[ZrH2]. The number of hydrogen-bond donors (Lipinski definition) is 0. The van der Waals surface area contributed by atoms with Crippen molar-refractivity contribution >= 4 is 0 Å². The van der Waals surface area contributed by atoms with Gasteiger partial charge in [-0.25, -0.2) is 0 Å². The van der Waals surface area contributed by atoms with Crippen molar-refractivity contribution in [3.8, 4) is 0 Å². The first-order valence-electron chi connectivity index (χ1n) is 6.67. The Balaban J connectivity index is 0. The van der Waals surface area contributed by atoms with Gasteiger partial charge in [-0.2, -0.15) is 0 Å². The van der Waals surface area contributed by atoms with Crippen LogP contribution in [0.4, 0.5) is 0 Å². The summed E-state index contributed by atoms with van der Waals surface area (Å²) in [6.07, 6.45) is 40.0. The van der Waals surface area contributed by atoms with Gasteiger partial charge in [0.15, 0.2) is 0 Å². The summed E-state index contributed by atoms with van der Waals surface area (Å²) < 4.78 is 0. The molecule has 0 atom stereocenters. The molecule has 0 spiro atoms. The van der Waals surface area contributed by atoms with Crippen LogP contribution >= 0.6 is 0 Å². The third-order valence-corrected chi connectivity index (χ3v) is 2.22. The van der Waals surface area contributed by atoms with Crippen LogP contribution in [-0.4, -0.2) is 0 Å². The molecule has 0 N–H and O–H groups in total. The normalized spacial score (nSPS) is 21.8. The fourth-order valence-electron chi connectivity index (χ4n) is 1.28. The molecular formula is C20H24Zr2. The van der Waals surface area contributed by atoms with Crippen molar-refractivity contribution in [3.63, 3.8) is 0 Å². The molecule has 0 unspecified atom stereocenters. The Kier molecular flexibility index (Phi) is 26.9. The molecule has 0 aromatic heterocycles. The Morgan fingerprint density at radius 2 is 0.182 bits per heavy atom. The third kappa shape index (κ3) is 19.8. The summed E-state index contributed by atoms with van der Waals surface area (Å²) in [5.74, 6) is 0. The van der Waals surface area contributed by atoms with Crippen molar-refractivity contribution in [2.75, 3.05) is 0 Å². The summed E-state index contributed by atoms with van der Waals surface area (Å²) in [6, 6.07) is 0. The number of hydrogen-bond acceptors (Lipinski definition) is 0. The monoisotopic (exact) mass is 444 g/mol. The van der Waals surface area contributed by atoms with Gasteiger partial charge in [-0.3, -0.25) is 0 Å². The zero-order valence-corrected chi connectivity index (χ0v) is 19.9. The van der Waals surface area contributed by atoms with Crippen LogP contribution in [0.2, 0.25) is 0 Å². The minimum absolute atomic E-state index is 0. The summed E-state index contributed by atoms with van der Waals surface area (Å²) in [4.78, 5) is 0. The van der Waals surface area contributed by atoms with Gasteiger partial charge in [-0.1, -0.05) is 0 Å². The van der Waals surface area contributed by atoms with Gasteiger partial charge in [0, 0.05) is 0 Å². The first-order chi connectivity index (χ1) is 10.0. The summed E-state index contributed by atoms with van der Waals surface area (Å²) in [6.45, 7) is 0. The van der Waals surface area contributed by atoms with Crippen molar-refractivity contribution < 1.29 is 52.4 Å². The van der Waals surface area contributed by atoms with Gasteiger partial charge < -0.3 is 0 Å². The van der Waals surface area contributed by atoms with E-state index in [4.69, 9.17) is 0 Å². The van der Waals surface area contributed by atoms with E-state index in [0.29, 0.717) is 0 Å². The molecule has 4 aliphatic carbocycles. The van der Waals surface area contributed by atoms with Crippen molar-refractivity contribution in [2.24, 2.45) is 0 Å². The predicted molar refractivity (Wildman–Crippen MR) is 91.6 cm³/mol. The molecule has 4 fully saturated rings. The van der Waals surface area contributed by atoms with Crippen molar-refractivity contribution in [3.05, 3.63) is 128 Å². The first-order valence-corrected chi connectivity index (χ1v) is 6.67. The van der Waals surface area contributed by atoms with Crippen molar-refractivity contribution in [2.45, 2.75) is 0 Å². The average Bonchev–Trinajstić information content (AvgIpc) is 3.40. The molecule has 4 saturated carbocycles. The van der Waals surface area contributed by atoms with Gasteiger partial charge in [0.25, 0.3) is 0 Å². The Bertz CT molecular complexity index is 96.1. The van der Waals surface area contributed by atoms with Crippen LogP contribution in [-0.2, 0) is 52.4 Å². The molecule has 0 aromatic carbocycles. The second-order valence-electron chi connectivity index (χ2n) is 3.85. The Morgan fingerprint density at radius 3 is 0.227 bits per heavy atom. The van der Waals surface area contributed by atoms with Crippen LogP contribution in [0.25, 0.3) is 0 Å². The molecule has 20 radical (unpaired) electrons. The van der Waals surface area contributed by atoms with E-state index in [1.807, 2.05) is 128 Å². The molecule has 0 heterocycles. The molecule has 22 heavy (non-hydrogen) atoms. The van der Waals surface area contributed by atoms with Gasteiger partial charge in [0.05, 0.1) is 0 Å². The molecule has 0 aromatic rings. The molecular weight excluding hydrogens is 423 g/mol. The zero-order chi connectivity index (χ0) is 14.1. The first kappa shape index (κ1) is 26.0. The topological polar surface area (TPSA) is 0 Å². The summed E-state index contributed by atoms with van der Waals surface area (Å²) in [5.41, 5.74) is 0. The van der Waals surface area contributed by atoms with Gasteiger partial charge in [0.1, 0.15) is 0 Å². The van der Waals surface area contributed by atoms with Gasteiger partial charge in [-0.05, 0) is 128 Å². The van der Waals surface area contributed by atoms with Crippen LogP contribution in [0.3, 0.4) is 0 Å². The molecule has 4 rings (SSSR count). The van der Waals surface area contributed by atoms with Gasteiger partial charge >= 0.3 is 52.4 Å². The summed E-state index contributed by atoms with van der Waals surface area (Å²) in [7, 11) is 0. The van der Waals surface area contributed by atoms with E-state index in [0.717, 1.165) is 0 Å². The Labute approximate surface area is 179 Å². The zero-order valence-electron chi connectivity index (χ0n) is 13.0. The average molecular weight is 447 g/mol. The maximum atomic E-state index is 2.00. The van der Waals surface area contributed by atoms with Crippen LogP contribution in [0.15, 0.2) is 0 Å². The van der Waals surface area contributed by atoms with Crippen LogP contribution in [0, 0.1) is 128 Å². The van der Waals surface area contributed by atoms with Crippen molar-refractivity contribution in [1.29, 1.82) is 0 Å². The van der Waals surface area contributed by atoms with Crippen LogP contribution in [0.1, 0.15) is 0 Å². The standard InChI is InChI=1S/4C5H5.2Zr.4H/c4*1-2-4-5-3-1;;;;;;/h4*1-5H;;;;;;. The minimum atomic E-state index is 0. The fraction of sp³-hybridized carbons (Fsp3) is 0. The summed E-state index contributed by atoms with van der Waals surface area (Å²) >= 11 is 0. The van der Waals surface area contributed by atoms with E-state index in [9.17, 15) is 0 Å². The van der Waals surface area contributed by atoms with Gasteiger partial charge in [-0.15, -0.1) is 0 Å². The molecule has 2 heteroatoms. The molecule has 0 aliphatic heterocycles. The van der Waals surface area contributed by atoms with E-state index in [1.54, 1.807) is 0 Å². The molecule has 4 aliphatic rings. The molecule has 0 saturated heterocycles. The third-order valence-electron chi connectivity index (χ3n) is 2.22. The fourth-order valence-corrected chi connectivity index (χ4v) is 1.28. The second kappa shape index (κ2) is 22.8. The van der Waals surface area contributed by atoms with Crippen LogP contribution < -0.4 is 0 Å². The van der Waals surface area contributed by atoms with E-state index in [2.05, 4.69) is 0 Å². The van der Waals surface area contributed by atoms with Crippen LogP contribution in [0.5, 0.6) is 0 Å². The van der Waals surface area contributed by atoms with Gasteiger partial charge in [0.2, 0.25) is 0 Å². The van der Waals surface area contributed by atoms with E-state index >= 15 is 0 Å². The molecule has 0 amide bonds. The molecule has 0 bridgehead atoms. The quantitative estimate of drug-likeness (QED) is 0.536. The maximum absolute atomic E-state index is 2.00. The summed E-state index contributed by atoms with van der Waals surface area (Å²) in [5, 5.41) is 0. The number of rotatable bonds is 0. The van der Waals surface area contributed by atoms with Crippen molar-refractivity contribution in [1.82, 2.24) is 0 Å². The molecule has 112 valence electrons. The Hall–Kier alpha value is 1.77. The predicted octanol–water partition coefficient (Wildman–Crippen LogP) is 3.01.